The molecule has 3 amide bonds. The zero-order valence-corrected chi connectivity index (χ0v) is 28.6. The van der Waals surface area contributed by atoms with Gasteiger partial charge in [-0.3, -0.25) is 14.4 Å². The summed E-state index contributed by atoms with van der Waals surface area (Å²) in [5, 5.41) is 12.3. The molecular formula is C32H43ClN8O7. The number of piperidine rings is 1. The molecule has 1 aliphatic heterocycles. The molecule has 0 aliphatic carbocycles. The van der Waals surface area contributed by atoms with Crippen molar-refractivity contribution in [2.45, 2.75) is 39.2 Å². The summed E-state index contributed by atoms with van der Waals surface area (Å²) in [5.41, 5.74) is 0.437. The quantitative estimate of drug-likeness (QED) is 0.194. The SMILES string of the molecule is CNC(=O)COc1cc2cc(Nc3nc(N4CCC(C(=O)NCCOCCNC(=O)OC(C)(C)C)CC4)ncc3Cl)ccc2n(C)c1=O. The first-order valence-electron chi connectivity index (χ1n) is 15.7. The molecule has 0 unspecified atom stereocenters. The molecule has 3 heterocycles. The molecule has 0 radical (unpaired) electrons. The number of likely N-dealkylation sites (N-methyl/N-ethyl adjacent to an activating group) is 1. The van der Waals surface area contributed by atoms with Crippen LogP contribution in [-0.2, 0) is 26.1 Å². The van der Waals surface area contributed by atoms with Crippen LogP contribution < -0.4 is 36.5 Å². The maximum absolute atomic E-state index is 12.7. The minimum absolute atomic E-state index is 0.0273. The fourth-order valence-corrected chi connectivity index (χ4v) is 5.10. The molecule has 0 spiro atoms. The Kier molecular flexibility index (Phi) is 12.4. The number of halogens is 1. The average Bonchev–Trinajstić information content (AvgIpc) is 3.05. The molecular weight excluding hydrogens is 644 g/mol. The molecule has 2 aromatic heterocycles. The summed E-state index contributed by atoms with van der Waals surface area (Å²) >= 11 is 6.45. The van der Waals surface area contributed by atoms with Gasteiger partial charge in [0.2, 0.25) is 11.9 Å². The average molecular weight is 687 g/mol. The van der Waals surface area contributed by atoms with Crippen LogP contribution in [0, 0.1) is 5.92 Å². The summed E-state index contributed by atoms with van der Waals surface area (Å²) in [6.45, 7) is 7.62. The molecule has 0 atom stereocenters. The van der Waals surface area contributed by atoms with E-state index in [0.717, 1.165) is 0 Å². The number of carbonyl (C=O) groups excluding carboxylic acids is 3. The molecule has 4 rings (SSSR count). The highest BCUT2D eigenvalue weighted by Crippen LogP contribution is 2.29. The number of ether oxygens (including phenoxy) is 3. The van der Waals surface area contributed by atoms with Crippen molar-refractivity contribution in [3.8, 4) is 5.75 Å². The number of aromatic nitrogens is 3. The van der Waals surface area contributed by atoms with Crippen LogP contribution in [0.25, 0.3) is 10.9 Å². The van der Waals surface area contributed by atoms with Gasteiger partial charge in [-0.2, -0.15) is 4.98 Å². The second kappa shape index (κ2) is 16.5. The standard InChI is InChI=1S/C32H43ClN8O7/c1-32(2,3)48-31(45)36-11-15-46-14-10-35-28(43)20-8-12-41(13-9-20)30-37-18-23(33)27(39-30)38-22-6-7-24-21(16-22)17-25(29(44)40(24)5)47-19-26(42)34-4/h6-7,16-18,20H,8-15,19H2,1-5H3,(H,34,42)(H,35,43)(H,36,45)(H,37,38,39). The van der Waals surface area contributed by atoms with Crippen LogP contribution in [0.3, 0.4) is 0 Å². The third kappa shape index (κ3) is 10.2. The summed E-state index contributed by atoms with van der Waals surface area (Å²) in [6, 6.07) is 7.03. The van der Waals surface area contributed by atoms with Gasteiger partial charge in [0.15, 0.2) is 18.2 Å². The molecule has 3 aromatic rings. The molecule has 15 nitrogen and oxygen atoms in total. The molecule has 1 aromatic carbocycles. The van der Waals surface area contributed by atoms with E-state index in [1.807, 2.05) is 11.0 Å². The van der Waals surface area contributed by atoms with Gasteiger partial charge in [-0.1, -0.05) is 11.6 Å². The molecule has 1 fully saturated rings. The number of nitrogens with one attached hydrogen (secondary N) is 4. The van der Waals surface area contributed by atoms with E-state index >= 15 is 0 Å². The predicted octanol–water partition coefficient (Wildman–Crippen LogP) is 2.72. The number of carbonyl (C=O) groups is 3. The maximum atomic E-state index is 12.7. The van der Waals surface area contributed by atoms with Crippen LogP contribution in [0.4, 0.5) is 22.2 Å². The second-order valence-corrected chi connectivity index (χ2v) is 12.6. The van der Waals surface area contributed by atoms with E-state index in [2.05, 4.69) is 31.2 Å². The number of alkyl carbamates (subject to hydrolysis) is 1. The first-order chi connectivity index (χ1) is 22.8. The summed E-state index contributed by atoms with van der Waals surface area (Å²) in [5.74, 6) is 0.437. The number of benzene rings is 1. The molecule has 48 heavy (non-hydrogen) atoms. The van der Waals surface area contributed by atoms with Crippen molar-refractivity contribution >= 4 is 57.9 Å². The van der Waals surface area contributed by atoms with Gasteiger partial charge < -0.3 is 44.9 Å². The van der Waals surface area contributed by atoms with E-state index in [-0.39, 0.29) is 35.6 Å². The van der Waals surface area contributed by atoms with E-state index in [0.29, 0.717) is 85.6 Å². The van der Waals surface area contributed by atoms with Crippen LogP contribution in [0.1, 0.15) is 33.6 Å². The number of rotatable bonds is 13. The first-order valence-corrected chi connectivity index (χ1v) is 16.1. The Balaban J connectivity index is 1.27. The highest BCUT2D eigenvalue weighted by atomic mass is 35.5. The van der Waals surface area contributed by atoms with Gasteiger partial charge >= 0.3 is 6.09 Å². The lowest BCUT2D eigenvalue weighted by Crippen LogP contribution is -2.42. The number of pyridine rings is 1. The largest absolute Gasteiger partial charge is 0.478 e. The zero-order chi connectivity index (χ0) is 34.8. The van der Waals surface area contributed by atoms with E-state index < -0.39 is 11.7 Å². The lowest BCUT2D eigenvalue weighted by Gasteiger charge is -2.31. The first kappa shape index (κ1) is 36.2. The van der Waals surface area contributed by atoms with Gasteiger partial charge in [-0.05, 0) is 57.9 Å². The Labute approximate surface area is 283 Å². The number of amides is 3. The maximum Gasteiger partial charge on any atom is 0.407 e. The third-order valence-electron chi connectivity index (χ3n) is 7.43. The third-order valence-corrected chi connectivity index (χ3v) is 7.71. The zero-order valence-electron chi connectivity index (χ0n) is 27.9. The Morgan fingerprint density at radius 3 is 2.46 bits per heavy atom. The molecule has 16 heteroatoms. The highest BCUT2D eigenvalue weighted by Gasteiger charge is 2.26. The molecule has 1 saturated heterocycles. The molecule has 4 N–H and O–H groups in total. The minimum Gasteiger partial charge on any atom is -0.478 e. The molecule has 1 aliphatic rings. The summed E-state index contributed by atoms with van der Waals surface area (Å²) in [4.78, 5) is 59.8. The van der Waals surface area contributed by atoms with Crippen LogP contribution in [-0.4, -0.2) is 91.1 Å². The van der Waals surface area contributed by atoms with E-state index in [1.165, 1.54) is 17.8 Å². The number of aryl methyl sites for hydroxylation is 1. The van der Waals surface area contributed by atoms with Crippen molar-refractivity contribution < 1.29 is 28.6 Å². The second-order valence-electron chi connectivity index (χ2n) is 12.2. The van der Waals surface area contributed by atoms with E-state index in [4.69, 9.17) is 25.8 Å². The minimum atomic E-state index is -0.559. The van der Waals surface area contributed by atoms with Gasteiger partial charge in [0.1, 0.15) is 10.6 Å². The monoisotopic (exact) mass is 686 g/mol. The number of fused-ring (bicyclic) bond motifs is 1. The highest BCUT2D eigenvalue weighted by molar-refractivity contribution is 6.32. The predicted molar refractivity (Wildman–Crippen MR) is 182 cm³/mol. The fraction of sp³-hybridized carbons (Fsp3) is 0.500. The van der Waals surface area contributed by atoms with Crippen molar-refractivity contribution in [1.82, 2.24) is 30.5 Å². The summed E-state index contributed by atoms with van der Waals surface area (Å²) < 4.78 is 17.6. The number of nitrogens with zero attached hydrogens (tertiary/aromatic N) is 4. The lowest BCUT2D eigenvalue weighted by atomic mass is 9.96. The van der Waals surface area contributed by atoms with Crippen molar-refractivity contribution in [3.63, 3.8) is 0 Å². The fourth-order valence-electron chi connectivity index (χ4n) is 4.96. The summed E-state index contributed by atoms with van der Waals surface area (Å²) in [7, 11) is 3.13. The van der Waals surface area contributed by atoms with Crippen LogP contribution in [0.2, 0.25) is 5.02 Å². The van der Waals surface area contributed by atoms with Gasteiger partial charge in [0, 0.05) is 57.3 Å². The van der Waals surface area contributed by atoms with E-state index in [9.17, 15) is 19.2 Å². The van der Waals surface area contributed by atoms with Crippen LogP contribution in [0.15, 0.2) is 35.3 Å². The van der Waals surface area contributed by atoms with Gasteiger partial charge in [0.05, 0.1) is 24.9 Å². The Morgan fingerprint density at radius 2 is 1.77 bits per heavy atom. The van der Waals surface area contributed by atoms with Crippen molar-refractivity contribution in [2.75, 3.05) is 63.3 Å². The van der Waals surface area contributed by atoms with Crippen molar-refractivity contribution in [2.24, 2.45) is 13.0 Å². The van der Waals surface area contributed by atoms with Crippen LogP contribution in [0.5, 0.6) is 5.75 Å². The topological polar surface area (TPSA) is 178 Å². The number of hydrogen-bond acceptors (Lipinski definition) is 11. The van der Waals surface area contributed by atoms with Gasteiger partial charge in [-0.15, -0.1) is 0 Å². The lowest BCUT2D eigenvalue weighted by molar-refractivity contribution is -0.126. The molecule has 0 saturated carbocycles. The molecule has 260 valence electrons. The van der Waals surface area contributed by atoms with Gasteiger partial charge in [0.25, 0.3) is 11.5 Å². The molecule has 0 bridgehead atoms. The Morgan fingerprint density at radius 1 is 1.06 bits per heavy atom. The normalized spacial score (nSPS) is 13.6. The Bertz CT molecular complexity index is 1670. The number of anilines is 3. The van der Waals surface area contributed by atoms with E-state index in [1.54, 1.807) is 46.0 Å². The Hall–Kier alpha value is -4.63. The summed E-state index contributed by atoms with van der Waals surface area (Å²) in [6.07, 6.45) is 2.30. The van der Waals surface area contributed by atoms with Crippen molar-refractivity contribution in [3.05, 3.63) is 45.8 Å². The number of hydrogen-bond donors (Lipinski definition) is 4. The van der Waals surface area contributed by atoms with Crippen LogP contribution >= 0.6 is 11.6 Å². The smallest absolute Gasteiger partial charge is 0.407 e. The van der Waals surface area contributed by atoms with Gasteiger partial charge in [-0.25, -0.2) is 9.78 Å². The van der Waals surface area contributed by atoms with Crippen molar-refractivity contribution in [1.29, 1.82) is 0 Å².